The summed E-state index contributed by atoms with van der Waals surface area (Å²) in [4.78, 5) is 0. The Morgan fingerprint density at radius 3 is 2.59 bits per heavy atom. The third-order valence-corrected chi connectivity index (χ3v) is 4.13. The standard InChI is InChI=1S/C15H19FS/c16-15(11-13-7-3-1-4-8-13)17-12-14-9-5-2-6-10-14/h2,5-6,9-11,13H,1,3-4,7-8,12H2/b15-11+. The molecule has 1 fully saturated rings. The molecule has 0 nitrogen and oxygen atoms in total. The van der Waals surface area contributed by atoms with Crippen LogP contribution in [0.15, 0.2) is 41.6 Å². The fourth-order valence-corrected chi connectivity index (χ4v) is 3.05. The molecule has 1 saturated carbocycles. The van der Waals surface area contributed by atoms with Crippen molar-refractivity contribution in [1.29, 1.82) is 0 Å². The van der Waals surface area contributed by atoms with Gasteiger partial charge in [-0.1, -0.05) is 61.4 Å². The second-order valence-corrected chi connectivity index (χ2v) is 5.61. The highest BCUT2D eigenvalue weighted by atomic mass is 32.2. The monoisotopic (exact) mass is 250 g/mol. The van der Waals surface area contributed by atoms with Crippen LogP contribution in [0.4, 0.5) is 4.39 Å². The molecule has 17 heavy (non-hydrogen) atoms. The Morgan fingerprint density at radius 1 is 1.18 bits per heavy atom. The molecule has 0 spiro atoms. The van der Waals surface area contributed by atoms with Crippen molar-refractivity contribution in [2.75, 3.05) is 0 Å². The van der Waals surface area contributed by atoms with Crippen LogP contribution in [0.1, 0.15) is 37.7 Å². The molecule has 0 saturated heterocycles. The first-order valence-electron chi connectivity index (χ1n) is 6.38. The van der Waals surface area contributed by atoms with Gasteiger partial charge in [-0.15, -0.1) is 0 Å². The SMILES string of the molecule is F/C(=C\C1CCCCC1)SCc1ccccc1. The fourth-order valence-electron chi connectivity index (χ4n) is 2.26. The zero-order valence-electron chi connectivity index (χ0n) is 10.1. The molecule has 0 aromatic heterocycles. The molecule has 0 unspecified atom stereocenters. The topological polar surface area (TPSA) is 0 Å². The maximum Gasteiger partial charge on any atom is 0.153 e. The second-order valence-electron chi connectivity index (χ2n) is 4.64. The molecule has 2 rings (SSSR count). The van der Waals surface area contributed by atoms with Gasteiger partial charge in [-0.3, -0.25) is 0 Å². The van der Waals surface area contributed by atoms with Crippen LogP contribution in [0.25, 0.3) is 0 Å². The molecule has 0 heterocycles. The quantitative estimate of drug-likeness (QED) is 0.697. The van der Waals surface area contributed by atoms with Gasteiger partial charge in [0.25, 0.3) is 0 Å². The van der Waals surface area contributed by atoms with Gasteiger partial charge in [0.1, 0.15) is 0 Å². The molecule has 0 radical (unpaired) electrons. The van der Waals surface area contributed by atoms with E-state index in [-0.39, 0.29) is 5.16 Å². The molecular weight excluding hydrogens is 231 g/mol. The van der Waals surface area contributed by atoms with E-state index < -0.39 is 0 Å². The summed E-state index contributed by atoms with van der Waals surface area (Å²) in [5, 5.41) is 0.000697. The highest BCUT2D eigenvalue weighted by Crippen LogP contribution is 2.30. The minimum atomic E-state index is 0.000697. The van der Waals surface area contributed by atoms with E-state index in [9.17, 15) is 4.39 Å². The van der Waals surface area contributed by atoms with E-state index in [4.69, 9.17) is 0 Å². The molecule has 1 aliphatic carbocycles. The van der Waals surface area contributed by atoms with Crippen molar-refractivity contribution in [2.24, 2.45) is 5.92 Å². The van der Waals surface area contributed by atoms with Gasteiger partial charge in [0.05, 0.1) is 0 Å². The minimum Gasteiger partial charge on any atom is -0.200 e. The van der Waals surface area contributed by atoms with Gasteiger partial charge in [-0.25, -0.2) is 0 Å². The Balaban J connectivity index is 1.80. The predicted molar refractivity (Wildman–Crippen MR) is 73.5 cm³/mol. The molecule has 0 atom stereocenters. The van der Waals surface area contributed by atoms with Gasteiger partial charge in [0.2, 0.25) is 0 Å². The first-order chi connectivity index (χ1) is 8.34. The third-order valence-electron chi connectivity index (χ3n) is 3.24. The Morgan fingerprint density at radius 2 is 1.88 bits per heavy atom. The van der Waals surface area contributed by atoms with Crippen LogP contribution in [0.2, 0.25) is 0 Å². The van der Waals surface area contributed by atoms with Crippen molar-refractivity contribution in [3.05, 3.63) is 47.1 Å². The van der Waals surface area contributed by atoms with Crippen LogP contribution in [0, 0.1) is 5.92 Å². The summed E-state index contributed by atoms with van der Waals surface area (Å²) in [5.41, 5.74) is 1.18. The van der Waals surface area contributed by atoms with Gasteiger partial charge in [0, 0.05) is 5.75 Å². The van der Waals surface area contributed by atoms with Crippen LogP contribution in [-0.2, 0) is 5.75 Å². The maximum atomic E-state index is 13.7. The van der Waals surface area contributed by atoms with E-state index in [1.807, 2.05) is 36.4 Å². The predicted octanol–water partition coefficient (Wildman–Crippen LogP) is 5.31. The Kier molecular flexibility index (Phi) is 5.11. The number of halogens is 1. The maximum absolute atomic E-state index is 13.7. The third kappa shape index (κ3) is 4.55. The zero-order valence-corrected chi connectivity index (χ0v) is 10.9. The molecule has 0 N–H and O–H groups in total. The number of allylic oxidation sites excluding steroid dienone is 1. The first kappa shape index (κ1) is 12.7. The van der Waals surface area contributed by atoms with Crippen molar-refractivity contribution in [2.45, 2.75) is 37.9 Å². The summed E-state index contributed by atoms with van der Waals surface area (Å²) >= 11 is 1.32. The van der Waals surface area contributed by atoms with Crippen molar-refractivity contribution >= 4 is 11.8 Å². The molecular formula is C15H19FS. The van der Waals surface area contributed by atoms with Crippen molar-refractivity contribution in [1.82, 2.24) is 0 Å². The van der Waals surface area contributed by atoms with Crippen LogP contribution >= 0.6 is 11.8 Å². The van der Waals surface area contributed by atoms with E-state index >= 15 is 0 Å². The van der Waals surface area contributed by atoms with Gasteiger partial charge < -0.3 is 0 Å². The van der Waals surface area contributed by atoms with Gasteiger partial charge in [0.15, 0.2) is 5.16 Å². The average Bonchev–Trinajstić information content (AvgIpc) is 2.39. The Bertz CT molecular complexity index is 352. The highest BCUT2D eigenvalue weighted by molar-refractivity contribution is 8.02. The van der Waals surface area contributed by atoms with Crippen LogP contribution in [-0.4, -0.2) is 0 Å². The van der Waals surface area contributed by atoms with Gasteiger partial charge in [-0.2, -0.15) is 4.39 Å². The molecule has 0 bridgehead atoms. The molecule has 1 aromatic rings. The van der Waals surface area contributed by atoms with Crippen molar-refractivity contribution in [3.63, 3.8) is 0 Å². The smallest absolute Gasteiger partial charge is 0.153 e. The Labute approximate surface area is 107 Å². The number of thioether (sulfide) groups is 1. The largest absolute Gasteiger partial charge is 0.200 e. The van der Waals surface area contributed by atoms with E-state index in [0.29, 0.717) is 5.92 Å². The fraction of sp³-hybridized carbons (Fsp3) is 0.467. The van der Waals surface area contributed by atoms with E-state index in [0.717, 1.165) is 5.75 Å². The minimum absolute atomic E-state index is 0.000697. The second kappa shape index (κ2) is 6.85. The van der Waals surface area contributed by atoms with E-state index in [2.05, 4.69) is 0 Å². The molecule has 0 aliphatic heterocycles. The number of hydrogen-bond acceptors (Lipinski definition) is 1. The summed E-state index contributed by atoms with van der Waals surface area (Å²) in [6.45, 7) is 0. The summed E-state index contributed by atoms with van der Waals surface area (Å²) in [5.74, 6) is 1.21. The van der Waals surface area contributed by atoms with Crippen LogP contribution < -0.4 is 0 Å². The summed E-state index contributed by atoms with van der Waals surface area (Å²) in [6, 6.07) is 10.1. The highest BCUT2D eigenvalue weighted by Gasteiger charge is 2.12. The van der Waals surface area contributed by atoms with E-state index in [1.54, 1.807) is 0 Å². The molecule has 1 aliphatic rings. The molecule has 0 amide bonds. The summed E-state index contributed by atoms with van der Waals surface area (Å²) < 4.78 is 13.7. The summed E-state index contributed by atoms with van der Waals surface area (Å²) in [6.07, 6.45) is 8.02. The number of benzene rings is 1. The lowest BCUT2D eigenvalue weighted by atomic mass is 9.89. The lowest BCUT2D eigenvalue weighted by Gasteiger charge is -2.17. The molecule has 1 aromatic carbocycles. The van der Waals surface area contributed by atoms with Crippen LogP contribution in [0.3, 0.4) is 0 Å². The van der Waals surface area contributed by atoms with Crippen molar-refractivity contribution < 1.29 is 4.39 Å². The van der Waals surface area contributed by atoms with Crippen molar-refractivity contribution in [3.8, 4) is 0 Å². The first-order valence-corrected chi connectivity index (χ1v) is 7.37. The Hall–Kier alpha value is -0.760. The number of rotatable bonds is 4. The van der Waals surface area contributed by atoms with Crippen LogP contribution in [0.5, 0.6) is 0 Å². The lowest BCUT2D eigenvalue weighted by Crippen LogP contribution is -2.02. The lowest BCUT2D eigenvalue weighted by molar-refractivity contribution is 0.415. The summed E-state index contributed by atoms with van der Waals surface area (Å²) in [7, 11) is 0. The van der Waals surface area contributed by atoms with E-state index in [1.165, 1.54) is 49.4 Å². The zero-order chi connectivity index (χ0) is 11.9. The normalized spacial score (nSPS) is 18.3. The van der Waals surface area contributed by atoms with Gasteiger partial charge in [-0.05, 0) is 30.4 Å². The molecule has 92 valence electrons. The number of hydrogen-bond donors (Lipinski definition) is 0. The molecule has 2 heteroatoms. The van der Waals surface area contributed by atoms with Gasteiger partial charge >= 0.3 is 0 Å². The average molecular weight is 250 g/mol.